The van der Waals surface area contributed by atoms with Gasteiger partial charge in [0.2, 0.25) is 0 Å². The predicted octanol–water partition coefficient (Wildman–Crippen LogP) is 4.06. The molecule has 0 aliphatic carbocycles. The highest BCUT2D eigenvalue weighted by Gasteiger charge is 2.02. The van der Waals surface area contributed by atoms with Crippen molar-refractivity contribution in [2.24, 2.45) is 0 Å². The number of rotatable bonds is 5. The van der Waals surface area contributed by atoms with Gasteiger partial charge in [-0.15, -0.1) is 12.4 Å². The minimum absolute atomic E-state index is 0. The van der Waals surface area contributed by atoms with E-state index in [0.717, 1.165) is 25.1 Å². The molecule has 1 heterocycles. The number of H-pyrrole nitrogens is 1. The van der Waals surface area contributed by atoms with Crippen molar-refractivity contribution in [3.8, 4) is 0 Å². The van der Waals surface area contributed by atoms with E-state index in [1.807, 2.05) is 18.2 Å². The van der Waals surface area contributed by atoms with E-state index in [9.17, 15) is 4.39 Å². The van der Waals surface area contributed by atoms with Crippen molar-refractivity contribution in [1.82, 2.24) is 10.3 Å². The van der Waals surface area contributed by atoms with E-state index in [1.165, 1.54) is 28.6 Å². The van der Waals surface area contributed by atoms with Crippen molar-refractivity contribution in [2.45, 2.75) is 13.0 Å². The van der Waals surface area contributed by atoms with Crippen molar-refractivity contribution in [3.05, 3.63) is 71.7 Å². The minimum atomic E-state index is -0.180. The monoisotopic (exact) mass is 304 g/mol. The van der Waals surface area contributed by atoms with Crippen molar-refractivity contribution in [2.75, 3.05) is 6.54 Å². The van der Waals surface area contributed by atoms with Crippen LogP contribution in [0.5, 0.6) is 0 Å². The lowest BCUT2D eigenvalue weighted by Gasteiger charge is -2.04. The van der Waals surface area contributed by atoms with Gasteiger partial charge >= 0.3 is 0 Å². The Morgan fingerprint density at radius 2 is 1.76 bits per heavy atom. The van der Waals surface area contributed by atoms with Gasteiger partial charge in [-0.05, 0) is 42.3 Å². The van der Waals surface area contributed by atoms with Crippen molar-refractivity contribution >= 4 is 23.3 Å². The van der Waals surface area contributed by atoms with Crippen LogP contribution in [0.15, 0.2) is 54.7 Å². The number of fused-ring (bicyclic) bond motifs is 1. The zero-order valence-corrected chi connectivity index (χ0v) is 12.4. The van der Waals surface area contributed by atoms with Crippen molar-refractivity contribution in [3.63, 3.8) is 0 Å². The quantitative estimate of drug-likeness (QED) is 0.684. The van der Waals surface area contributed by atoms with Crippen LogP contribution in [0.2, 0.25) is 0 Å². The molecule has 21 heavy (non-hydrogen) atoms. The number of halogens is 2. The highest BCUT2D eigenvalue weighted by molar-refractivity contribution is 5.85. The van der Waals surface area contributed by atoms with Crippen LogP contribution in [-0.2, 0) is 13.0 Å². The van der Waals surface area contributed by atoms with Crippen LogP contribution in [0.1, 0.15) is 11.1 Å². The standard InChI is InChI=1S/C17H17FN2.ClH/c18-15-7-5-13(6-8-15)9-10-19-11-14-12-20-17-4-2-1-3-16(14)17;/h1-8,12,19-20H,9-11H2;1H. The molecular weight excluding hydrogens is 287 g/mol. The van der Waals surface area contributed by atoms with E-state index < -0.39 is 0 Å². The van der Waals surface area contributed by atoms with Crippen molar-refractivity contribution in [1.29, 1.82) is 0 Å². The lowest BCUT2D eigenvalue weighted by molar-refractivity contribution is 0.626. The number of hydrogen-bond acceptors (Lipinski definition) is 1. The molecule has 0 bridgehead atoms. The predicted molar refractivity (Wildman–Crippen MR) is 87.4 cm³/mol. The number of benzene rings is 2. The first-order valence-electron chi connectivity index (χ1n) is 6.83. The molecule has 3 rings (SSSR count). The molecule has 4 heteroatoms. The molecule has 0 aliphatic rings. The molecule has 1 aromatic heterocycles. The molecule has 0 amide bonds. The van der Waals surface area contributed by atoms with Gasteiger partial charge in [-0.3, -0.25) is 0 Å². The molecule has 0 saturated carbocycles. The molecule has 0 unspecified atom stereocenters. The summed E-state index contributed by atoms with van der Waals surface area (Å²) in [6.45, 7) is 1.72. The molecule has 2 aromatic carbocycles. The van der Waals surface area contributed by atoms with Gasteiger partial charge in [0.15, 0.2) is 0 Å². The molecule has 0 atom stereocenters. The molecule has 110 valence electrons. The van der Waals surface area contributed by atoms with E-state index in [1.54, 1.807) is 0 Å². The summed E-state index contributed by atoms with van der Waals surface area (Å²) < 4.78 is 12.8. The van der Waals surface area contributed by atoms with E-state index in [2.05, 4.69) is 34.7 Å². The summed E-state index contributed by atoms with van der Waals surface area (Å²) in [5, 5.41) is 4.69. The third-order valence-electron chi connectivity index (χ3n) is 3.49. The summed E-state index contributed by atoms with van der Waals surface area (Å²) >= 11 is 0. The van der Waals surface area contributed by atoms with E-state index in [0.29, 0.717) is 0 Å². The van der Waals surface area contributed by atoms with Crippen LogP contribution in [0.25, 0.3) is 10.9 Å². The molecule has 0 spiro atoms. The molecule has 3 aromatic rings. The maximum atomic E-state index is 12.8. The summed E-state index contributed by atoms with van der Waals surface area (Å²) in [5.41, 5.74) is 3.60. The van der Waals surface area contributed by atoms with Gasteiger partial charge in [0.25, 0.3) is 0 Å². The Morgan fingerprint density at radius 1 is 1.00 bits per heavy atom. The first-order valence-corrected chi connectivity index (χ1v) is 6.83. The Hall–Kier alpha value is -1.84. The third-order valence-corrected chi connectivity index (χ3v) is 3.49. The number of para-hydroxylation sites is 1. The van der Waals surface area contributed by atoms with Gasteiger partial charge in [0.05, 0.1) is 0 Å². The Bertz CT molecular complexity index is 691. The number of nitrogens with one attached hydrogen (secondary N) is 2. The van der Waals surface area contributed by atoms with Crippen LogP contribution in [-0.4, -0.2) is 11.5 Å². The lowest BCUT2D eigenvalue weighted by Crippen LogP contribution is -2.16. The molecule has 0 radical (unpaired) electrons. The Morgan fingerprint density at radius 3 is 2.57 bits per heavy atom. The molecule has 2 N–H and O–H groups in total. The summed E-state index contributed by atoms with van der Waals surface area (Å²) in [6, 6.07) is 15.0. The highest BCUT2D eigenvalue weighted by atomic mass is 35.5. The molecule has 0 saturated heterocycles. The summed E-state index contributed by atoms with van der Waals surface area (Å²) in [4.78, 5) is 3.27. The SMILES string of the molecule is Cl.Fc1ccc(CCNCc2c[nH]c3ccccc23)cc1. The maximum absolute atomic E-state index is 12.8. The summed E-state index contributed by atoms with van der Waals surface area (Å²) in [7, 11) is 0. The molecule has 0 aliphatic heterocycles. The fourth-order valence-corrected chi connectivity index (χ4v) is 2.38. The van der Waals surface area contributed by atoms with Crippen LogP contribution >= 0.6 is 12.4 Å². The second-order valence-corrected chi connectivity index (χ2v) is 4.91. The number of aromatic amines is 1. The number of aromatic nitrogens is 1. The van der Waals surface area contributed by atoms with Crippen LogP contribution in [0, 0.1) is 5.82 Å². The molecule has 0 fully saturated rings. The normalized spacial score (nSPS) is 10.5. The van der Waals surface area contributed by atoms with Gasteiger partial charge in [-0.25, -0.2) is 4.39 Å². The average Bonchev–Trinajstić information content (AvgIpc) is 2.89. The van der Waals surface area contributed by atoms with Crippen LogP contribution < -0.4 is 5.32 Å². The fourth-order valence-electron chi connectivity index (χ4n) is 2.38. The van der Waals surface area contributed by atoms with Gasteiger partial charge in [0.1, 0.15) is 5.82 Å². The average molecular weight is 305 g/mol. The maximum Gasteiger partial charge on any atom is 0.123 e. The van der Waals surface area contributed by atoms with Gasteiger partial charge < -0.3 is 10.3 Å². The Labute approximate surface area is 129 Å². The van der Waals surface area contributed by atoms with Gasteiger partial charge in [-0.1, -0.05) is 30.3 Å². The molecule has 2 nitrogen and oxygen atoms in total. The second kappa shape index (κ2) is 7.25. The zero-order valence-electron chi connectivity index (χ0n) is 11.6. The van der Waals surface area contributed by atoms with E-state index in [4.69, 9.17) is 0 Å². The minimum Gasteiger partial charge on any atom is -0.361 e. The van der Waals surface area contributed by atoms with Crippen LogP contribution in [0.3, 0.4) is 0 Å². The second-order valence-electron chi connectivity index (χ2n) is 4.91. The van der Waals surface area contributed by atoms with Crippen molar-refractivity contribution < 1.29 is 4.39 Å². The Kier molecular flexibility index (Phi) is 5.37. The summed E-state index contributed by atoms with van der Waals surface area (Å²) in [5.74, 6) is -0.180. The largest absolute Gasteiger partial charge is 0.361 e. The Balaban J connectivity index is 0.00000161. The van der Waals surface area contributed by atoms with E-state index >= 15 is 0 Å². The first kappa shape index (κ1) is 15.5. The van der Waals surface area contributed by atoms with Gasteiger partial charge in [0, 0.05) is 23.6 Å². The topological polar surface area (TPSA) is 27.8 Å². The highest BCUT2D eigenvalue weighted by Crippen LogP contribution is 2.17. The third kappa shape index (κ3) is 3.84. The smallest absolute Gasteiger partial charge is 0.123 e. The summed E-state index contributed by atoms with van der Waals surface area (Å²) in [6.07, 6.45) is 2.96. The zero-order chi connectivity index (χ0) is 13.8. The lowest BCUT2D eigenvalue weighted by atomic mass is 10.1. The van der Waals surface area contributed by atoms with Crippen LogP contribution in [0.4, 0.5) is 4.39 Å². The fraction of sp³-hybridized carbons (Fsp3) is 0.176. The van der Waals surface area contributed by atoms with Gasteiger partial charge in [-0.2, -0.15) is 0 Å². The van der Waals surface area contributed by atoms with E-state index in [-0.39, 0.29) is 18.2 Å². The number of hydrogen-bond donors (Lipinski definition) is 2. The molecular formula is C17H18ClFN2. The first-order chi connectivity index (χ1) is 9.83.